The molecule has 0 aliphatic carbocycles. The van der Waals surface area contributed by atoms with Gasteiger partial charge in [-0.15, -0.1) is 0 Å². The summed E-state index contributed by atoms with van der Waals surface area (Å²) in [5.74, 6) is -0.405. The van der Waals surface area contributed by atoms with E-state index in [4.69, 9.17) is 16.3 Å². The summed E-state index contributed by atoms with van der Waals surface area (Å²) in [6.07, 6.45) is 0.628. The topological polar surface area (TPSA) is 38.3 Å². The molecule has 0 unspecified atom stereocenters. The summed E-state index contributed by atoms with van der Waals surface area (Å²) in [5, 5.41) is 3.81. The molecule has 0 spiro atoms. The van der Waals surface area contributed by atoms with Crippen LogP contribution >= 0.6 is 11.6 Å². The van der Waals surface area contributed by atoms with Crippen LogP contribution in [0.3, 0.4) is 0 Å². The Labute approximate surface area is 164 Å². The molecule has 2 aromatic rings. The summed E-state index contributed by atoms with van der Waals surface area (Å²) in [5.41, 5.74) is 1.25. The van der Waals surface area contributed by atoms with Gasteiger partial charge in [0, 0.05) is 29.3 Å². The third kappa shape index (κ3) is 4.88. The Balaban J connectivity index is 1.93. The molecule has 5 heteroatoms. The van der Waals surface area contributed by atoms with Gasteiger partial charge in [-0.1, -0.05) is 49.7 Å². The van der Waals surface area contributed by atoms with Crippen LogP contribution in [0.25, 0.3) is 0 Å². The highest BCUT2D eigenvalue weighted by Gasteiger charge is 2.40. The molecule has 3 rings (SSSR count). The summed E-state index contributed by atoms with van der Waals surface area (Å²) in [4.78, 5) is 12.4. The van der Waals surface area contributed by atoms with Gasteiger partial charge in [-0.25, -0.2) is 4.39 Å². The van der Waals surface area contributed by atoms with Gasteiger partial charge in [0.15, 0.2) is 0 Å². The molecule has 3 atom stereocenters. The van der Waals surface area contributed by atoms with E-state index < -0.39 is 5.54 Å². The Hall–Kier alpha value is -1.91. The van der Waals surface area contributed by atoms with E-state index in [1.165, 1.54) is 12.1 Å². The summed E-state index contributed by atoms with van der Waals surface area (Å²) >= 11 is 6.16. The van der Waals surface area contributed by atoms with Crippen LogP contribution in [-0.4, -0.2) is 11.4 Å². The zero-order valence-electron chi connectivity index (χ0n) is 15.8. The number of ether oxygens (including phenoxy) is 1. The van der Waals surface area contributed by atoms with E-state index in [0.29, 0.717) is 17.9 Å². The first-order valence-corrected chi connectivity index (χ1v) is 9.62. The maximum atomic E-state index is 13.8. The molecule has 3 nitrogen and oxygen atoms in total. The van der Waals surface area contributed by atoms with E-state index >= 15 is 0 Å². The van der Waals surface area contributed by atoms with Gasteiger partial charge >= 0.3 is 0 Å². The fourth-order valence-electron chi connectivity index (χ4n) is 3.55. The van der Waals surface area contributed by atoms with Crippen LogP contribution in [0.1, 0.15) is 56.9 Å². The van der Waals surface area contributed by atoms with E-state index in [1.807, 2.05) is 51.1 Å². The average molecular weight is 390 g/mol. The van der Waals surface area contributed by atoms with Crippen molar-refractivity contribution in [2.75, 3.05) is 0 Å². The van der Waals surface area contributed by atoms with E-state index in [-0.39, 0.29) is 29.9 Å². The lowest BCUT2D eigenvalue weighted by Gasteiger charge is -2.43. The van der Waals surface area contributed by atoms with Crippen molar-refractivity contribution >= 4 is 17.5 Å². The van der Waals surface area contributed by atoms with Crippen LogP contribution in [-0.2, 0) is 9.53 Å². The van der Waals surface area contributed by atoms with Gasteiger partial charge in [0.2, 0.25) is 5.91 Å². The summed E-state index contributed by atoms with van der Waals surface area (Å²) in [6.45, 7) is 5.77. The zero-order chi connectivity index (χ0) is 19.6. The molecule has 27 heavy (non-hydrogen) atoms. The lowest BCUT2D eigenvalue weighted by atomic mass is 9.81. The molecule has 2 aromatic carbocycles. The fourth-order valence-corrected chi connectivity index (χ4v) is 3.75. The van der Waals surface area contributed by atoms with Crippen molar-refractivity contribution in [1.29, 1.82) is 0 Å². The average Bonchev–Trinajstić information content (AvgIpc) is 2.61. The van der Waals surface area contributed by atoms with Gasteiger partial charge in [0.1, 0.15) is 5.82 Å². The lowest BCUT2D eigenvalue weighted by Crippen LogP contribution is -2.52. The Bertz CT molecular complexity index is 770. The predicted molar refractivity (Wildman–Crippen MR) is 105 cm³/mol. The number of carbonyl (C=O) groups is 1. The van der Waals surface area contributed by atoms with Crippen molar-refractivity contribution in [2.24, 2.45) is 5.92 Å². The van der Waals surface area contributed by atoms with Gasteiger partial charge in [0.25, 0.3) is 0 Å². The van der Waals surface area contributed by atoms with Gasteiger partial charge < -0.3 is 10.1 Å². The second kappa shape index (κ2) is 7.99. The van der Waals surface area contributed by atoms with Crippen molar-refractivity contribution in [3.8, 4) is 0 Å². The molecule has 144 valence electrons. The molecule has 0 saturated carbocycles. The Kier molecular flexibility index (Phi) is 5.87. The minimum absolute atomic E-state index is 0.00207. The third-order valence-corrected chi connectivity index (χ3v) is 5.23. The Morgan fingerprint density at radius 1 is 1.15 bits per heavy atom. The van der Waals surface area contributed by atoms with Gasteiger partial charge in [-0.2, -0.15) is 0 Å². The van der Waals surface area contributed by atoms with Crippen molar-refractivity contribution in [3.05, 3.63) is 70.5 Å². The van der Waals surface area contributed by atoms with Crippen LogP contribution in [0.2, 0.25) is 5.02 Å². The van der Waals surface area contributed by atoms with Crippen molar-refractivity contribution < 1.29 is 13.9 Å². The van der Waals surface area contributed by atoms with Crippen LogP contribution < -0.4 is 5.32 Å². The number of amides is 1. The maximum absolute atomic E-state index is 13.8. The second-order valence-corrected chi connectivity index (χ2v) is 8.27. The molecule has 1 amide bonds. The van der Waals surface area contributed by atoms with Crippen molar-refractivity contribution in [3.63, 3.8) is 0 Å². The molecule has 1 aliphatic rings. The molecule has 1 heterocycles. The summed E-state index contributed by atoms with van der Waals surface area (Å²) in [7, 11) is 0. The highest BCUT2D eigenvalue weighted by molar-refractivity contribution is 6.30. The highest BCUT2D eigenvalue weighted by atomic mass is 35.5. The van der Waals surface area contributed by atoms with Crippen LogP contribution in [0.15, 0.2) is 48.5 Å². The quantitative estimate of drug-likeness (QED) is 0.738. The molecule has 0 radical (unpaired) electrons. The minimum Gasteiger partial charge on any atom is -0.365 e. The van der Waals surface area contributed by atoms with E-state index in [0.717, 1.165) is 11.1 Å². The first kappa shape index (κ1) is 19.8. The summed E-state index contributed by atoms with van der Waals surface area (Å²) < 4.78 is 20.1. The van der Waals surface area contributed by atoms with Gasteiger partial charge in [-0.3, -0.25) is 4.79 Å². The first-order chi connectivity index (χ1) is 12.8. The number of hydrogen-bond acceptors (Lipinski definition) is 2. The van der Waals surface area contributed by atoms with Gasteiger partial charge in [0.05, 0.1) is 12.2 Å². The largest absolute Gasteiger partial charge is 0.365 e. The Morgan fingerprint density at radius 3 is 2.30 bits per heavy atom. The van der Waals surface area contributed by atoms with E-state index in [9.17, 15) is 9.18 Å². The number of rotatable bonds is 4. The first-order valence-electron chi connectivity index (χ1n) is 9.24. The number of hydrogen-bond donors (Lipinski definition) is 1. The Morgan fingerprint density at radius 2 is 1.74 bits per heavy atom. The number of halogens is 2. The minimum atomic E-state index is -0.469. The SMILES string of the molecule is CC(C)C(=O)N[C@@]1(C)C[C@@H](c2cccc(Cl)c2)O[C@@H](c2cccc(F)c2)C1. The molecular weight excluding hydrogens is 365 g/mol. The van der Waals surface area contributed by atoms with E-state index in [2.05, 4.69) is 5.32 Å². The molecule has 0 aromatic heterocycles. The molecular formula is C22H25ClFNO2. The highest BCUT2D eigenvalue weighted by Crippen LogP contribution is 2.44. The van der Waals surface area contributed by atoms with Gasteiger partial charge in [-0.05, 0) is 42.3 Å². The third-order valence-electron chi connectivity index (χ3n) is 4.99. The summed E-state index contributed by atoms with van der Waals surface area (Å²) in [6, 6.07) is 14.0. The molecule has 1 aliphatic heterocycles. The smallest absolute Gasteiger partial charge is 0.222 e. The molecule has 1 N–H and O–H groups in total. The fraction of sp³-hybridized carbons (Fsp3) is 0.409. The zero-order valence-corrected chi connectivity index (χ0v) is 16.6. The molecule has 1 saturated heterocycles. The number of carbonyl (C=O) groups excluding carboxylic acids is 1. The maximum Gasteiger partial charge on any atom is 0.222 e. The van der Waals surface area contributed by atoms with Crippen molar-refractivity contribution in [2.45, 2.75) is 51.4 Å². The lowest BCUT2D eigenvalue weighted by molar-refractivity contribution is -0.131. The molecule has 1 fully saturated rings. The number of nitrogens with one attached hydrogen (secondary N) is 1. The molecule has 0 bridgehead atoms. The van der Waals surface area contributed by atoms with E-state index in [1.54, 1.807) is 6.07 Å². The normalized spacial score (nSPS) is 25.4. The van der Waals surface area contributed by atoms with Crippen LogP contribution in [0.4, 0.5) is 4.39 Å². The van der Waals surface area contributed by atoms with Crippen molar-refractivity contribution in [1.82, 2.24) is 5.32 Å². The predicted octanol–water partition coefficient (Wildman–Crippen LogP) is 5.60. The standard InChI is InChI=1S/C22H25ClFNO2/c1-14(2)21(26)25-22(3)12-19(15-6-4-8-17(23)10-15)27-20(13-22)16-7-5-9-18(24)11-16/h4-11,14,19-20H,12-13H2,1-3H3,(H,25,26)/t19-,20+,22-/m0/s1. The number of benzene rings is 2. The van der Waals surface area contributed by atoms with Crippen LogP contribution in [0.5, 0.6) is 0 Å². The second-order valence-electron chi connectivity index (χ2n) is 7.84. The van der Waals surface area contributed by atoms with Crippen LogP contribution in [0, 0.1) is 11.7 Å². The monoisotopic (exact) mass is 389 g/mol.